The standard InChI is InChI=1S/C35H44N4O3/c1-5-6-8-26-10-12-27(13-11-26)9-7-16-38-17-19-39(20-18-38)25-32-33(41-3)21-28(22-34(32)42-4)31-24-37(2)35(40)30-23-36-15-14-29(30)31/h10-15,21-24H,5-9,16-20,25H2,1-4H3. The zero-order valence-electron chi connectivity index (χ0n) is 25.6. The summed E-state index contributed by atoms with van der Waals surface area (Å²) in [6.07, 6.45) is 11.3. The van der Waals surface area contributed by atoms with Gasteiger partial charge in [-0.05, 0) is 72.5 Å². The third kappa shape index (κ3) is 6.85. The second-order valence-electron chi connectivity index (χ2n) is 11.4. The molecule has 0 spiro atoms. The Hall–Kier alpha value is -3.68. The van der Waals surface area contributed by atoms with Gasteiger partial charge in [-0.3, -0.25) is 14.7 Å². The van der Waals surface area contributed by atoms with Crippen LogP contribution in [-0.4, -0.2) is 66.3 Å². The topological polar surface area (TPSA) is 59.8 Å². The minimum Gasteiger partial charge on any atom is -0.496 e. The van der Waals surface area contributed by atoms with E-state index in [4.69, 9.17) is 9.47 Å². The number of methoxy groups -OCH3 is 2. The number of hydrogen-bond acceptors (Lipinski definition) is 6. The lowest BCUT2D eigenvalue weighted by atomic mass is 9.98. The lowest BCUT2D eigenvalue weighted by Gasteiger charge is -2.35. The van der Waals surface area contributed by atoms with Gasteiger partial charge in [0.05, 0.1) is 25.2 Å². The normalized spacial score (nSPS) is 14.4. The molecule has 2 aromatic heterocycles. The molecule has 4 aromatic rings. The molecule has 3 heterocycles. The van der Waals surface area contributed by atoms with E-state index in [0.29, 0.717) is 5.39 Å². The summed E-state index contributed by atoms with van der Waals surface area (Å²) in [5.74, 6) is 1.59. The van der Waals surface area contributed by atoms with Gasteiger partial charge in [0, 0.05) is 63.9 Å². The molecule has 0 N–H and O–H groups in total. The Kier molecular flexibility index (Phi) is 9.93. The van der Waals surface area contributed by atoms with Crippen molar-refractivity contribution < 1.29 is 9.47 Å². The predicted molar refractivity (Wildman–Crippen MR) is 171 cm³/mol. The summed E-state index contributed by atoms with van der Waals surface area (Å²) in [4.78, 5) is 21.9. The van der Waals surface area contributed by atoms with Gasteiger partial charge in [0.1, 0.15) is 11.5 Å². The molecule has 0 saturated carbocycles. The number of piperazine rings is 1. The number of aromatic nitrogens is 2. The summed E-state index contributed by atoms with van der Waals surface area (Å²) in [6.45, 7) is 8.31. The Morgan fingerprint density at radius 3 is 2.07 bits per heavy atom. The van der Waals surface area contributed by atoms with Gasteiger partial charge in [-0.25, -0.2) is 0 Å². The first-order valence-corrected chi connectivity index (χ1v) is 15.2. The molecule has 1 aliphatic heterocycles. The van der Waals surface area contributed by atoms with Crippen LogP contribution in [0.4, 0.5) is 0 Å². The van der Waals surface area contributed by atoms with Crippen LogP contribution >= 0.6 is 0 Å². The van der Waals surface area contributed by atoms with Gasteiger partial charge in [0.15, 0.2) is 0 Å². The van der Waals surface area contributed by atoms with E-state index >= 15 is 0 Å². The molecule has 1 saturated heterocycles. The van der Waals surface area contributed by atoms with Crippen LogP contribution in [0.3, 0.4) is 0 Å². The monoisotopic (exact) mass is 568 g/mol. The fraction of sp³-hybridized carbons (Fsp3) is 0.429. The largest absolute Gasteiger partial charge is 0.496 e. The molecule has 222 valence electrons. The van der Waals surface area contributed by atoms with Crippen molar-refractivity contribution >= 4 is 10.8 Å². The van der Waals surface area contributed by atoms with Gasteiger partial charge in [-0.1, -0.05) is 37.6 Å². The summed E-state index contributed by atoms with van der Waals surface area (Å²) in [6, 6.07) is 15.2. The van der Waals surface area contributed by atoms with E-state index in [-0.39, 0.29) is 5.56 Å². The molecule has 1 aliphatic rings. The first-order valence-electron chi connectivity index (χ1n) is 15.2. The molecule has 0 atom stereocenters. The number of pyridine rings is 2. The molecular weight excluding hydrogens is 524 g/mol. The summed E-state index contributed by atoms with van der Waals surface area (Å²) in [5, 5.41) is 1.46. The fourth-order valence-corrected chi connectivity index (χ4v) is 5.99. The lowest BCUT2D eigenvalue weighted by molar-refractivity contribution is 0.124. The summed E-state index contributed by atoms with van der Waals surface area (Å²) in [5.41, 5.74) is 5.78. The number of unbranched alkanes of at least 4 members (excludes halogenated alkanes) is 1. The maximum Gasteiger partial charge on any atom is 0.259 e. The molecule has 0 aliphatic carbocycles. The predicted octanol–water partition coefficient (Wildman–Crippen LogP) is 5.71. The van der Waals surface area contributed by atoms with Crippen LogP contribution in [0.15, 0.2) is 65.8 Å². The SMILES string of the molecule is CCCCc1ccc(CCCN2CCN(Cc3c(OC)cc(-c4cn(C)c(=O)c5cnccc45)cc3OC)CC2)cc1. The third-order valence-electron chi connectivity index (χ3n) is 8.53. The van der Waals surface area contributed by atoms with Crippen molar-refractivity contribution in [2.45, 2.75) is 45.6 Å². The van der Waals surface area contributed by atoms with Gasteiger partial charge < -0.3 is 18.9 Å². The smallest absolute Gasteiger partial charge is 0.259 e. The molecule has 0 radical (unpaired) electrons. The second-order valence-corrected chi connectivity index (χ2v) is 11.4. The zero-order valence-corrected chi connectivity index (χ0v) is 25.6. The van der Waals surface area contributed by atoms with Crippen molar-refractivity contribution in [3.8, 4) is 22.6 Å². The van der Waals surface area contributed by atoms with E-state index in [2.05, 4.69) is 58.1 Å². The van der Waals surface area contributed by atoms with Crippen LogP contribution in [-0.2, 0) is 26.4 Å². The van der Waals surface area contributed by atoms with E-state index < -0.39 is 0 Å². The minimum atomic E-state index is -0.0620. The molecule has 0 amide bonds. The first kappa shape index (κ1) is 29.8. The van der Waals surface area contributed by atoms with Gasteiger partial charge in [-0.2, -0.15) is 0 Å². The van der Waals surface area contributed by atoms with Crippen molar-refractivity contribution in [1.29, 1.82) is 0 Å². The number of benzene rings is 2. The molecule has 7 heteroatoms. The van der Waals surface area contributed by atoms with E-state index in [9.17, 15) is 4.79 Å². The van der Waals surface area contributed by atoms with Crippen LogP contribution < -0.4 is 15.0 Å². The number of nitrogens with zero attached hydrogens (tertiary/aromatic N) is 4. The van der Waals surface area contributed by atoms with Gasteiger partial charge in [-0.15, -0.1) is 0 Å². The molecule has 0 unspecified atom stereocenters. The Morgan fingerprint density at radius 2 is 1.45 bits per heavy atom. The molecular formula is C35H44N4O3. The summed E-state index contributed by atoms with van der Waals surface area (Å²) >= 11 is 0. The quantitative estimate of drug-likeness (QED) is 0.218. The van der Waals surface area contributed by atoms with Gasteiger partial charge >= 0.3 is 0 Å². The lowest BCUT2D eigenvalue weighted by Crippen LogP contribution is -2.46. The van der Waals surface area contributed by atoms with Crippen molar-refractivity contribution in [3.05, 3.63) is 88.1 Å². The van der Waals surface area contributed by atoms with Crippen molar-refractivity contribution in [2.24, 2.45) is 7.05 Å². The highest BCUT2D eigenvalue weighted by molar-refractivity contribution is 5.95. The third-order valence-corrected chi connectivity index (χ3v) is 8.53. The highest BCUT2D eigenvalue weighted by Gasteiger charge is 2.22. The fourth-order valence-electron chi connectivity index (χ4n) is 5.99. The average Bonchev–Trinajstić information content (AvgIpc) is 3.03. The zero-order chi connectivity index (χ0) is 29.5. The van der Waals surface area contributed by atoms with E-state index in [1.165, 1.54) is 36.8 Å². The number of rotatable bonds is 12. The number of fused-ring (bicyclic) bond motifs is 1. The number of aryl methyl sites for hydroxylation is 3. The number of ether oxygens (including phenoxy) is 2. The Bertz CT molecular complexity index is 1510. The molecule has 1 fully saturated rings. The molecule has 2 aromatic carbocycles. The maximum absolute atomic E-state index is 12.7. The Labute approximate surface area is 249 Å². The molecule has 5 rings (SSSR count). The van der Waals surface area contributed by atoms with Crippen LogP contribution in [0, 0.1) is 0 Å². The van der Waals surface area contributed by atoms with Gasteiger partial charge in [0.2, 0.25) is 0 Å². The first-order chi connectivity index (χ1) is 20.5. The average molecular weight is 569 g/mol. The van der Waals surface area contributed by atoms with E-state index in [1.54, 1.807) is 38.2 Å². The van der Waals surface area contributed by atoms with Crippen molar-refractivity contribution in [3.63, 3.8) is 0 Å². The van der Waals surface area contributed by atoms with Crippen LogP contribution in [0.2, 0.25) is 0 Å². The van der Waals surface area contributed by atoms with Gasteiger partial charge in [0.25, 0.3) is 5.56 Å². The van der Waals surface area contributed by atoms with Crippen LogP contribution in [0.5, 0.6) is 11.5 Å². The molecule has 7 nitrogen and oxygen atoms in total. The Morgan fingerprint density at radius 1 is 0.833 bits per heavy atom. The molecule has 0 bridgehead atoms. The van der Waals surface area contributed by atoms with E-state index in [0.717, 1.165) is 79.3 Å². The van der Waals surface area contributed by atoms with E-state index in [1.807, 2.05) is 12.3 Å². The highest BCUT2D eigenvalue weighted by atomic mass is 16.5. The number of hydrogen-bond donors (Lipinski definition) is 0. The van der Waals surface area contributed by atoms with Crippen LogP contribution in [0.25, 0.3) is 21.9 Å². The Balaban J connectivity index is 1.21. The summed E-state index contributed by atoms with van der Waals surface area (Å²) in [7, 11) is 5.19. The second kappa shape index (κ2) is 14.0. The van der Waals surface area contributed by atoms with Crippen molar-refractivity contribution in [1.82, 2.24) is 19.4 Å². The highest BCUT2D eigenvalue weighted by Crippen LogP contribution is 2.38. The van der Waals surface area contributed by atoms with Crippen molar-refractivity contribution in [2.75, 3.05) is 46.9 Å². The van der Waals surface area contributed by atoms with Crippen LogP contribution in [0.1, 0.15) is 42.9 Å². The maximum atomic E-state index is 12.7. The summed E-state index contributed by atoms with van der Waals surface area (Å²) < 4.78 is 13.4. The minimum absolute atomic E-state index is 0.0620. The molecule has 42 heavy (non-hydrogen) atoms.